The Balaban J connectivity index is 2.25. The molecule has 0 saturated carbocycles. The Morgan fingerprint density at radius 1 is 1.54 bits per heavy atom. The van der Waals surface area contributed by atoms with Crippen LogP contribution < -0.4 is 5.32 Å². The maximum absolute atomic E-state index is 5.28. The molecule has 0 spiro atoms. The van der Waals surface area contributed by atoms with Gasteiger partial charge in [-0.25, -0.2) is 0 Å². The van der Waals surface area contributed by atoms with Gasteiger partial charge in [-0.2, -0.15) is 0 Å². The van der Waals surface area contributed by atoms with Crippen molar-refractivity contribution in [2.45, 2.75) is 51.7 Å². The second-order valence-electron chi connectivity index (χ2n) is 4.23. The Hall–Kier alpha value is -0.0800. The highest BCUT2D eigenvalue weighted by Crippen LogP contribution is 2.21. The molecule has 1 rings (SSSR count). The first-order chi connectivity index (χ1) is 6.26. The van der Waals surface area contributed by atoms with Crippen molar-refractivity contribution in [1.82, 2.24) is 5.32 Å². The van der Waals surface area contributed by atoms with Crippen molar-refractivity contribution in [3.63, 3.8) is 0 Å². The molecule has 0 aliphatic carbocycles. The van der Waals surface area contributed by atoms with E-state index in [-0.39, 0.29) is 0 Å². The average Bonchev–Trinajstić information content (AvgIpc) is 2.18. The lowest BCUT2D eigenvalue weighted by Crippen LogP contribution is -2.39. The number of hydrogen-bond acceptors (Lipinski definition) is 2. The Kier molecular flexibility index (Phi) is 4.74. The molecule has 0 amide bonds. The molecule has 0 aromatic rings. The molecule has 2 nitrogen and oxygen atoms in total. The number of piperidine rings is 1. The summed E-state index contributed by atoms with van der Waals surface area (Å²) in [5.41, 5.74) is 0. The van der Waals surface area contributed by atoms with Crippen LogP contribution in [0, 0.1) is 5.92 Å². The highest BCUT2D eigenvalue weighted by atomic mass is 16.5. The van der Waals surface area contributed by atoms with E-state index in [1.54, 1.807) is 7.11 Å². The molecule has 0 bridgehead atoms. The van der Waals surface area contributed by atoms with Crippen molar-refractivity contribution in [2.24, 2.45) is 5.92 Å². The summed E-state index contributed by atoms with van der Waals surface area (Å²) in [6, 6.07) is 0.689. The predicted molar refractivity (Wildman–Crippen MR) is 55.9 cm³/mol. The van der Waals surface area contributed by atoms with Crippen LogP contribution in [0.5, 0.6) is 0 Å². The topological polar surface area (TPSA) is 21.3 Å². The van der Waals surface area contributed by atoms with Crippen molar-refractivity contribution in [3.05, 3.63) is 0 Å². The van der Waals surface area contributed by atoms with Crippen LogP contribution in [0.4, 0.5) is 0 Å². The summed E-state index contributed by atoms with van der Waals surface area (Å²) in [5.74, 6) is 0.940. The van der Waals surface area contributed by atoms with Gasteiger partial charge in [-0.05, 0) is 38.6 Å². The second kappa shape index (κ2) is 5.61. The molecular formula is C11H23NO. The summed E-state index contributed by atoms with van der Waals surface area (Å²) < 4.78 is 5.28. The van der Waals surface area contributed by atoms with Crippen LogP contribution in [0.15, 0.2) is 0 Å². The van der Waals surface area contributed by atoms with E-state index in [1.165, 1.54) is 25.8 Å². The van der Waals surface area contributed by atoms with E-state index in [0.717, 1.165) is 12.3 Å². The fourth-order valence-corrected chi connectivity index (χ4v) is 2.14. The fourth-order valence-electron chi connectivity index (χ4n) is 2.14. The zero-order valence-electron chi connectivity index (χ0n) is 9.18. The molecule has 0 radical (unpaired) electrons. The molecule has 13 heavy (non-hydrogen) atoms. The summed E-state index contributed by atoms with van der Waals surface area (Å²) in [5, 5.41) is 3.57. The van der Waals surface area contributed by atoms with Crippen LogP contribution in [-0.4, -0.2) is 25.8 Å². The van der Waals surface area contributed by atoms with Gasteiger partial charge in [-0.3, -0.25) is 0 Å². The maximum atomic E-state index is 5.28. The zero-order chi connectivity index (χ0) is 9.68. The molecule has 3 unspecified atom stereocenters. The molecular weight excluding hydrogens is 162 g/mol. The minimum Gasteiger partial charge on any atom is -0.382 e. The number of nitrogens with one attached hydrogen (secondary N) is 1. The van der Waals surface area contributed by atoms with E-state index in [4.69, 9.17) is 4.74 Å². The first kappa shape index (κ1) is 11.0. The van der Waals surface area contributed by atoms with Crippen molar-refractivity contribution >= 4 is 0 Å². The second-order valence-corrected chi connectivity index (χ2v) is 4.23. The van der Waals surface area contributed by atoms with E-state index in [2.05, 4.69) is 19.2 Å². The smallest absolute Gasteiger partial charge is 0.0558 e. The molecule has 1 heterocycles. The van der Waals surface area contributed by atoms with Gasteiger partial charge in [0.05, 0.1) is 6.10 Å². The van der Waals surface area contributed by atoms with Crippen LogP contribution in [-0.2, 0) is 4.74 Å². The zero-order valence-corrected chi connectivity index (χ0v) is 9.18. The quantitative estimate of drug-likeness (QED) is 0.725. The van der Waals surface area contributed by atoms with Gasteiger partial charge in [0.25, 0.3) is 0 Å². The summed E-state index contributed by atoms with van der Waals surface area (Å²) >= 11 is 0. The van der Waals surface area contributed by atoms with Gasteiger partial charge < -0.3 is 10.1 Å². The molecule has 1 fully saturated rings. The molecule has 1 aliphatic rings. The molecule has 0 aromatic heterocycles. The number of hydrogen-bond donors (Lipinski definition) is 1. The number of rotatable bonds is 4. The van der Waals surface area contributed by atoms with Gasteiger partial charge in [0, 0.05) is 13.2 Å². The van der Waals surface area contributed by atoms with Crippen molar-refractivity contribution in [3.8, 4) is 0 Å². The van der Waals surface area contributed by atoms with Crippen LogP contribution in [0.25, 0.3) is 0 Å². The lowest BCUT2D eigenvalue weighted by atomic mass is 9.88. The van der Waals surface area contributed by atoms with Crippen molar-refractivity contribution in [2.75, 3.05) is 13.7 Å². The molecule has 1 saturated heterocycles. The summed E-state index contributed by atoms with van der Waals surface area (Å²) in [7, 11) is 1.80. The molecule has 78 valence electrons. The first-order valence-electron chi connectivity index (χ1n) is 5.52. The average molecular weight is 185 g/mol. The van der Waals surface area contributed by atoms with E-state index >= 15 is 0 Å². The highest BCUT2D eigenvalue weighted by Gasteiger charge is 2.21. The highest BCUT2D eigenvalue weighted by molar-refractivity contribution is 4.79. The molecule has 1 N–H and O–H groups in total. The van der Waals surface area contributed by atoms with E-state index < -0.39 is 0 Å². The third-order valence-corrected chi connectivity index (χ3v) is 3.20. The number of ether oxygens (including phenoxy) is 1. The van der Waals surface area contributed by atoms with E-state index in [9.17, 15) is 0 Å². The van der Waals surface area contributed by atoms with Gasteiger partial charge in [0.15, 0.2) is 0 Å². The van der Waals surface area contributed by atoms with Crippen LogP contribution >= 0.6 is 0 Å². The fraction of sp³-hybridized carbons (Fsp3) is 1.00. The SMILES string of the molecule is CCC1CCNC(CC(C)OC)C1. The molecule has 2 heteroatoms. The largest absolute Gasteiger partial charge is 0.382 e. The normalized spacial score (nSPS) is 31.6. The van der Waals surface area contributed by atoms with Gasteiger partial charge >= 0.3 is 0 Å². The van der Waals surface area contributed by atoms with Crippen LogP contribution in [0.3, 0.4) is 0 Å². The first-order valence-corrected chi connectivity index (χ1v) is 5.52. The van der Waals surface area contributed by atoms with E-state index in [1.807, 2.05) is 0 Å². The minimum atomic E-state index is 0.396. The Morgan fingerprint density at radius 3 is 2.92 bits per heavy atom. The Bertz CT molecular complexity index is 136. The third-order valence-electron chi connectivity index (χ3n) is 3.20. The lowest BCUT2D eigenvalue weighted by Gasteiger charge is -2.31. The van der Waals surface area contributed by atoms with Gasteiger partial charge in [0.2, 0.25) is 0 Å². The summed E-state index contributed by atoms with van der Waals surface area (Å²) in [6.45, 7) is 5.64. The summed E-state index contributed by atoms with van der Waals surface area (Å²) in [4.78, 5) is 0. The van der Waals surface area contributed by atoms with Crippen molar-refractivity contribution in [1.29, 1.82) is 0 Å². The molecule has 1 aliphatic heterocycles. The van der Waals surface area contributed by atoms with Gasteiger partial charge in [-0.15, -0.1) is 0 Å². The molecule has 0 aromatic carbocycles. The monoisotopic (exact) mass is 185 g/mol. The maximum Gasteiger partial charge on any atom is 0.0558 e. The van der Waals surface area contributed by atoms with E-state index in [0.29, 0.717) is 12.1 Å². The van der Waals surface area contributed by atoms with Crippen molar-refractivity contribution < 1.29 is 4.74 Å². The number of methoxy groups -OCH3 is 1. The lowest BCUT2D eigenvalue weighted by molar-refractivity contribution is 0.0923. The van der Waals surface area contributed by atoms with Gasteiger partial charge in [0.1, 0.15) is 0 Å². The minimum absolute atomic E-state index is 0.396. The Labute approximate surface area is 82.0 Å². The predicted octanol–water partition coefficient (Wildman–Crippen LogP) is 2.19. The Morgan fingerprint density at radius 2 is 2.31 bits per heavy atom. The molecule has 3 atom stereocenters. The van der Waals surface area contributed by atoms with Crippen LogP contribution in [0.1, 0.15) is 39.5 Å². The standard InChI is InChI=1S/C11H23NO/c1-4-10-5-6-12-11(8-10)7-9(2)13-3/h9-12H,4-8H2,1-3H3. The summed E-state index contributed by atoms with van der Waals surface area (Å²) in [6.07, 6.45) is 5.58. The van der Waals surface area contributed by atoms with Crippen LogP contribution in [0.2, 0.25) is 0 Å². The van der Waals surface area contributed by atoms with Gasteiger partial charge in [-0.1, -0.05) is 13.3 Å². The third kappa shape index (κ3) is 3.65.